The van der Waals surface area contributed by atoms with E-state index in [2.05, 4.69) is 25.6 Å². The Labute approximate surface area is 120 Å². The maximum atomic E-state index is 5.50. The summed E-state index contributed by atoms with van der Waals surface area (Å²) in [6.07, 6.45) is 3.26. The predicted molar refractivity (Wildman–Crippen MR) is 79.4 cm³/mol. The normalized spacial score (nSPS) is 10.7. The molecule has 0 radical (unpaired) electrons. The zero-order valence-corrected chi connectivity index (χ0v) is 12.8. The number of unbranched alkanes of at least 4 members (excludes halogenated alkanes) is 2. The third kappa shape index (κ3) is 6.51. The number of aromatic nitrogens is 3. The SMILES string of the molecule is CNc1nc(NCCCCCOC)nc(OC(C)C)n1. The second kappa shape index (κ2) is 9.30. The largest absolute Gasteiger partial charge is 0.461 e. The van der Waals surface area contributed by atoms with Gasteiger partial charge in [-0.15, -0.1) is 0 Å². The first-order valence-electron chi connectivity index (χ1n) is 6.99. The molecule has 1 rings (SSSR count). The highest BCUT2D eigenvalue weighted by Crippen LogP contribution is 2.12. The van der Waals surface area contributed by atoms with Crippen LogP contribution in [0.15, 0.2) is 0 Å². The Bertz CT molecular complexity index is 387. The molecule has 1 heterocycles. The van der Waals surface area contributed by atoms with Crippen LogP contribution >= 0.6 is 0 Å². The minimum Gasteiger partial charge on any atom is -0.461 e. The third-order valence-electron chi connectivity index (χ3n) is 2.49. The van der Waals surface area contributed by atoms with E-state index in [4.69, 9.17) is 9.47 Å². The first-order chi connectivity index (χ1) is 9.65. The molecule has 0 spiro atoms. The number of rotatable bonds is 10. The number of ether oxygens (including phenoxy) is 2. The molecule has 0 aromatic carbocycles. The van der Waals surface area contributed by atoms with Crippen LogP contribution in [0.2, 0.25) is 0 Å². The fourth-order valence-electron chi connectivity index (χ4n) is 1.56. The van der Waals surface area contributed by atoms with Crippen LogP contribution in [0.1, 0.15) is 33.1 Å². The molecular formula is C13H25N5O2. The predicted octanol–water partition coefficient (Wildman–Crippen LogP) is 1.93. The van der Waals surface area contributed by atoms with E-state index in [9.17, 15) is 0 Å². The van der Waals surface area contributed by atoms with Crippen LogP contribution in [-0.4, -0.2) is 48.4 Å². The van der Waals surface area contributed by atoms with Gasteiger partial charge < -0.3 is 20.1 Å². The number of hydrogen-bond acceptors (Lipinski definition) is 7. The average Bonchev–Trinajstić information content (AvgIpc) is 2.41. The molecule has 0 aliphatic heterocycles. The first kappa shape index (κ1) is 16.4. The van der Waals surface area contributed by atoms with Crippen LogP contribution in [0.5, 0.6) is 6.01 Å². The Balaban J connectivity index is 2.47. The molecule has 7 heteroatoms. The Hall–Kier alpha value is -1.63. The van der Waals surface area contributed by atoms with Crippen LogP contribution in [0.25, 0.3) is 0 Å². The van der Waals surface area contributed by atoms with Crippen LogP contribution in [0, 0.1) is 0 Å². The minimum atomic E-state index is 0.0315. The van der Waals surface area contributed by atoms with Gasteiger partial charge in [0, 0.05) is 27.3 Å². The number of nitrogens with zero attached hydrogens (tertiary/aromatic N) is 3. The molecule has 0 aliphatic rings. The molecule has 114 valence electrons. The molecular weight excluding hydrogens is 258 g/mol. The Morgan fingerprint density at radius 1 is 1.05 bits per heavy atom. The molecule has 2 N–H and O–H groups in total. The minimum absolute atomic E-state index is 0.0315. The Morgan fingerprint density at radius 3 is 2.45 bits per heavy atom. The lowest BCUT2D eigenvalue weighted by Crippen LogP contribution is -2.13. The van der Waals surface area contributed by atoms with Gasteiger partial charge in [-0.05, 0) is 33.1 Å². The van der Waals surface area contributed by atoms with Crippen LogP contribution in [0.3, 0.4) is 0 Å². The lowest BCUT2D eigenvalue weighted by Gasteiger charge is -2.11. The highest BCUT2D eigenvalue weighted by atomic mass is 16.5. The molecule has 0 atom stereocenters. The van der Waals surface area contributed by atoms with E-state index in [-0.39, 0.29) is 6.10 Å². The van der Waals surface area contributed by atoms with Gasteiger partial charge in [-0.2, -0.15) is 15.0 Å². The van der Waals surface area contributed by atoms with Crippen molar-refractivity contribution >= 4 is 11.9 Å². The number of methoxy groups -OCH3 is 1. The summed E-state index contributed by atoms with van der Waals surface area (Å²) < 4.78 is 10.5. The van der Waals surface area contributed by atoms with Gasteiger partial charge in [0.25, 0.3) is 0 Å². The third-order valence-corrected chi connectivity index (χ3v) is 2.49. The summed E-state index contributed by atoms with van der Waals surface area (Å²) in [7, 11) is 3.49. The van der Waals surface area contributed by atoms with Crippen molar-refractivity contribution < 1.29 is 9.47 Å². The fraction of sp³-hybridized carbons (Fsp3) is 0.769. The smallest absolute Gasteiger partial charge is 0.323 e. The van der Waals surface area contributed by atoms with E-state index in [0.717, 1.165) is 32.4 Å². The second-order valence-electron chi connectivity index (χ2n) is 4.66. The molecule has 1 aromatic rings. The lowest BCUT2D eigenvalue weighted by atomic mass is 10.2. The zero-order valence-electron chi connectivity index (χ0n) is 12.8. The fourth-order valence-corrected chi connectivity index (χ4v) is 1.56. The van der Waals surface area contributed by atoms with Crippen LogP contribution < -0.4 is 15.4 Å². The monoisotopic (exact) mass is 283 g/mol. The molecule has 0 amide bonds. The van der Waals surface area contributed by atoms with Gasteiger partial charge in [-0.3, -0.25) is 0 Å². The van der Waals surface area contributed by atoms with Crippen molar-refractivity contribution in [2.24, 2.45) is 0 Å². The number of hydrogen-bond donors (Lipinski definition) is 2. The van der Waals surface area contributed by atoms with E-state index in [1.165, 1.54) is 0 Å². The Kier molecular flexibility index (Phi) is 7.64. The van der Waals surface area contributed by atoms with Gasteiger partial charge in [0.05, 0.1) is 6.10 Å². The van der Waals surface area contributed by atoms with Crippen molar-refractivity contribution in [2.75, 3.05) is 37.9 Å². The summed E-state index contributed by atoms with van der Waals surface area (Å²) in [6, 6.07) is 0.334. The highest BCUT2D eigenvalue weighted by molar-refractivity contribution is 5.35. The first-order valence-corrected chi connectivity index (χ1v) is 6.99. The van der Waals surface area contributed by atoms with Gasteiger partial charge in [-0.25, -0.2) is 0 Å². The summed E-state index contributed by atoms with van der Waals surface area (Å²) in [6.45, 7) is 5.50. The quantitative estimate of drug-likeness (QED) is 0.635. The molecule has 20 heavy (non-hydrogen) atoms. The number of nitrogens with one attached hydrogen (secondary N) is 2. The van der Waals surface area contributed by atoms with Crippen LogP contribution in [0.4, 0.5) is 11.9 Å². The summed E-state index contributed by atoms with van der Waals surface area (Å²) in [5.74, 6) is 1.03. The summed E-state index contributed by atoms with van der Waals surface area (Å²) in [4.78, 5) is 12.6. The Morgan fingerprint density at radius 2 is 1.80 bits per heavy atom. The molecule has 1 aromatic heterocycles. The molecule has 0 bridgehead atoms. The standard InChI is InChI=1S/C13H25N5O2/c1-10(2)20-13-17-11(14-3)16-12(18-13)15-8-6-5-7-9-19-4/h10H,5-9H2,1-4H3,(H2,14,15,16,17,18). The van der Waals surface area contributed by atoms with E-state index >= 15 is 0 Å². The molecule has 0 saturated carbocycles. The molecule has 0 fully saturated rings. The van der Waals surface area contributed by atoms with Crippen molar-refractivity contribution in [3.63, 3.8) is 0 Å². The van der Waals surface area contributed by atoms with Crippen molar-refractivity contribution in [3.05, 3.63) is 0 Å². The van der Waals surface area contributed by atoms with E-state index < -0.39 is 0 Å². The molecule has 7 nitrogen and oxygen atoms in total. The van der Waals surface area contributed by atoms with Crippen molar-refractivity contribution in [1.82, 2.24) is 15.0 Å². The second-order valence-corrected chi connectivity index (χ2v) is 4.66. The summed E-state index contributed by atoms with van der Waals surface area (Å²) in [5, 5.41) is 6.09. The van der Waals surface area contributed by atoms with Crippen molar-refractivity contribution in [2.45, 2.75) is 39.2 Å². The molecule has 0 unspecified atom stereocenters. The van der Waals surface area contributed by atoms with Crippen molar-refractivity contribution in [3.8, 4) is 6.01 Å². The van der Waals surface area contributed by atoms with Gasteiger partial charge in [0.1, 0.15) is 0 Å². The maximum Gasteiger partial charge on any atom is 0.323 e. The molecule has 0 aliphatic carbocycles. The maximum absolute atomic E-state index is 5.50. The van der Waals surface area contributed by atoms with Crippen LogP contribution in [-0.2, 0) is 4.74 Å². The van der Waals surface area contributed by atoms with Gasteiger partial charge in [-0.1, -0.05) is 0 Å². The van der Waals surface area contributed by atoms with Gasteiger partial charge >= 0.3 is 6.01 Å². The zero-order chi connectivity index (χ0) is 14.8. The van der Waals surface area contributed by atoms with E-state index in [1.54, 1.807) is 14.2 Å². The summed E-state index contributed by atoms with van der Waals surface area (Å²) in [5.41, 5.74) is 0. The van der Waals surface area contributed by atoms with Gasteiger partial charge in [0.2, 0.25) is 11.9 Å². The average molecular weight is 283 g/mol. The topological polar surface area (TPSA) is 81.2 Å². The highest BCUT2D eigenvalue weighted by Gasteiger charge is 2.07. The number of anilines is 2. The van der Waals surface area contributed by atoms with E-state index in [1.807, 2.05) is 13.8 Å². The lowest BCUT2D eigenvalue weighted by molar-refractivity contribution is 0.192. The van der Waals surface area contributed by atoms with Gasteiger partial charge in [0.15, 0.2) is 0 Å². The van der Waals surface area contributed by atoms with E-state index in [0.29, 0.717) is 17.9 Å². The molecule has 0 saturated heterocycles. The summed E-state index contributed by atoms with van der Waals surface area (Å²) >= 11 is 0. The van der Waals surface area contributed by atoms with Crippen molar-refractivity contribution in [1.29, 1.82) is 0 Å².